The number of halogens is 1. The summed E-state index contributed by atoms with van der Waals surface area (Å²) in [6.07, 6.45) is 16.6. The molecule has 2 atom stereocenters. The van der Waals surface area contributed by atoms with Crippen molar-refractivity contribution < 1.29 is 23.5 Å². The molecule has 1 aliphatic rings. The van der Waals surface area contributed by atoms with E-state index in [1.807, 2.05) is 31.2 Å². The summed E-state index contributed by atoms with van der Waals surface area (Å²) in [5, 5.41) is 0. The first kappa shape index (κ1) is 35.8. The lowest BCUT2D eigenvalue weighted by molar-refractivity contribution is -0.157. The van der Waals surface area contributed by atoms with Crippen molar-refractivity contribution >= 4 is 11.9 Å². The van der Waals surface area contributed by atoms with Crippen molar-refractivity contribution in [3.05, 3.63) is 59.7 Å². The third-order valence-corrected chi connectivity index (χ3v) is 9.17. The zero-order valence-corrected chi connectivity index (χ0v) is 27.7. The molecule has 0 heterocycles. The Kier molecular flexibility index (Phi) is 16.6. The van der Waals surface area contributed by atoms with E-state index in [9.17, 15) is 14.0 Å². The maximum Gasteiger partial charge on any atom is 0.340 e. The predicted octanol–water partition coefficient (Wildman–Crippen LogP) is 11.0. The van der Waals surface area contributed by atoms with Crippen LogP contribution in [0.2, 0.25) is 0 Å². The molecule has 1 aliphatic carbocycles. The minimum atomic E-state index is -1.48. The van der Waals surface area contributed by atoms with Gasteiger partial charge in [-0.2, -0.15) is 0 Å². The summed E-state index contributed by atoms with van der Waals surface area (Å²) in [6.45, 7) is 6.35. The van der Waals surface area contributed by atoms with E-state index >= 15 is 0 Å². The Hall–Kier alpha value is -2.69. The Labute approximate surface area is 266 Å². The van der Waals surface area contributed by atoms with Crippen LogP contribution in [-0.2, 0) is 20.7 Å². The molecule has 0 saturated heterocycles. The number of carbonyl (C=O) groups is 2. The number of ether oxygens (including phenoxy) is 2. The lowest BCUT2D eigenvalue weighted by Crippen LogP contribution is -2.29. The molecular weight excluding hydrogens is 551 g/mol. The number of aryl methyl sites for hydroxylation is 1. The van der Waals surface area contributed by atoms with Crippen molar-refractivity contribution in [2.75, 3.05) is 0 Å². The van der Waals surface area contributed by atoms with Gasteiger partial charge in [0.2, 0.25) is 0 Å². The van der Waals surface area contributed by atoms with Gasteiger partial charge in [0.25, 0.3) is 0 Å². The normalized spacial score (nSPS) is 18.0. The molecule has 0 radical (unpaired) electrons. The highest BCUT2D eigenvalue weighted by Crippen LogP contribution is 2.31. The quantitative estimate of drug-likeness (QED) is 0.111. The average molecular weight is 609 g/mol. The Bertz CT molecular complexity index is 1070. The first-order valence-electron chi connectivity index (χ1n) is 17.6. The summed E-state index contributed by atoms with van der Waals surface area (Å²) in [4.78, 5) is 24.8. The third-order valence-electron chi connectivity index (χ3n) is 9.17. The average Bonchev–Trinajstić information content (AvgIpc) is 3.04. The number of unbranched alkanes of at least 4 members (excludes halogenated alkanes) is 8. The minimum absolute atomic E-state index is 0.0622. The van der Waals surface area contributed by atoms with Crippen molar-refractivity contribution in [2.45, 2.75) is 155 Å². The highest BCUT2D eigenvalue weighted by Gasteiger charge is 2.27. The predicted molar refractivity (Wildman–Crippen MR) is 179 cm³/mol. The molecule has 3 rings (SSSR count). The molecule has 1 fully saturated rings. The van der Waals surface area contributed by atoms with Gasteiger partial charge in [-0.05, 0) is 106 Å². The number of hydrogen-bond donors (Lipinski definition) is 0. The van der Waals surface area contributed by atoms with E-state index < -0.39 is 12.1 Å². The Balaban J connectivity index is 1.33. The molecule has 0 spiro atoms. The Morgan fingerprint density at radius 3 is 1.93 bits per heavy atom. The van der Waals surface area contributed by atoms with E-state index in [4.69, 9.17) is 9.47 Å². The van der Waals surface area contributed by atoms with Crippen LogP contribution >= 0.6 is 0 Å². The van der Waals surface area contributed by atoms with Gasteiger partial charge in [0.15, 0.2) is 6.17 Å². The van der Waals surface area contributed by atoms with E-state index in [1.54, 1.807) is 0 Å². The second-order valence-electron chi connectivity index (χ2n) is 13.0. The Morgan fingerprint density at radius 2 is 1.30 bits per heavy atom. The van der Waals surface area contributed by atoms with E-state index in [0.717, 1.165) is 81.8 Å². The van der Waals surface area contributed by atoms with Gasteiger partial charge < -0.3 is 9.47 Å². The fourth-order valence-electron chi connectivity index (χ4n) is 6.20. The SMILES string of the molecule is CCCCCCCC[C@H](F)C(=O)O[C@H]1CC[C@H](CCc2ccc(-c3ccc(C(=O)O[C@H](C)CCCCCC)cc3)cc2)CC1. The first-order valence-corrected chi connectivity index (χ1v) is 17.6. The summed E-state index contributed by atoms with van der Waals surface area (Å²) in [5.74, 6) is -0.295. The number of esters is 2. The Morgan fingerprint density at radius 1 is 0.750 bits per heavy atom. The maximum absolute atomic E-state index is 14.3. The summed E-state index contributed by atoms with van der Waals surface area (Å²) in [7, 11) is 0. The van der Waals surface area contributed by atoms with Gasteiger partial charge in [-0.25, -0.2) is 14.0 Å². The van der Waals surface area contributed by atoms with Gasteiger partial charge in [-0.3, -0.25) is 0 Å². The fraction of sp³-hybridized carbons (Fsp3) is 0.641. The molecule has 1 saturated carbocycles. The van der Waals surface area contributed by atoms with Gasteiger partial charge in [0, 0.05) is 0 Å². The van der Waals surface area contributed by atoms with Gasteiger partial charge in [0.05, 0.1) is 11.7 Å². The number of rotatable bonds is 20. The second kappa shape index (κ2) is 20.4. The first-order chi connectivity index (χ1) is 21.4. The van der Waals surface area contributed by atoms with E-state index in [1.165, 1.54) is 44.1 Å². The van der Waals surface area contributed by atoms with Crippen molar-refractivity contribution in [3.8, 4) is 11.1 Å². The van der Waals surface area contributed by atoms with Crippen LogP contribution < -0.4 is 0 Å². The van der Waals surface area contributed by atoms with Crippen molar-refractivity contribution in [3.63, 3.8) is 0 Å². The van der Waals surface area contributed by atoms with E-state index in [0.29, 0.717) is 11.5 Å². The number of hydrogen-bond acceptors (Lipinski definition) is 4. The molecule has 0 N–H and O–H groups in total. The molecule has 4 nitrogen and oxygen atoms in total. The van der Waals surface area contributed by atoms with E-state index in [-0.39, 0.29) is 24.6 Å². The largest absolute Gasteiger partial charge is 0.460 e. The molecule has 44 heavy (non-hydrogen) atoms. The third kappa shape index (κ3) is 13.1. The van der Waals surface area contributed by atoms with Crippen LogP contribution in [0.4, 0.5) is 4.39 Å². The van der Waals surface area contributed by atoms with Crippen LogP contribution in [0.1, 0.15) is 146 Å². The van der Waals surface area contributed by atoms with Crippen molar-refractivity contribution in [2.24, 2.45) is 5.92 Å². The summed E-state index contributed by atoms with van der Waals surface area (Å²) < 4.78 is 25.5. The van der Waals surface area contributed by atoms with Crippen LogP contribution in [0, 0.1) is 5.92 Å². The molecule has 0 bridgehead atoms. The molecule has 2 aromatic rings. The molecule has 244 valence electrons. The van der Waals surface area contributed by atoms with Crippen molar-refractivity contribution in [1.29, 1.82) is 0 Å². The molecule has 0 aliphatic heterocycles. The monoisotopic (exact) mass is 608 g/mol. The van der Waals surface area contributed by atoms with Crippen LogP contribution in [0.15, 0.2) is 48.5 Å². The lowest BCUT2D eigenvalue weighted by Gasteiger charge is -2.28. The lowest BCUT2D eigenvalue weighted by atomic mass is 9.83. The standard InChI is InChI=1S/C39H57FO4/c1-4-6-8-10-11-13-15-37(40)39(42)44-36-28-20-32(21-29-36)17-16-31-18-22-33(23-19-31)34-24-26-35(27-25-34)38(41)43-30(3)14-12-9-7-5-2/h18-19,22-27,30,32,36-37H,4-17,20-21,28-29H2,1-3H3/t30-,32-,36-,37+/m1/s1. The molecular formula is C39H57FO4. The van der Waals surface area contributed by atoms with E-state index in [2.05, 4.69) is 38.1 Å². The topological polar surface area (TPSA) is 52.6 Å². The number of carbonyl (C=O) groups excluding carboxylic acids is 2. The van der Waals surface area contributed by atoms with Gasteiger partial charge in [-0.1, -0.05) is 102 Å². The molecule has 2 aromatic carbocycles. The zero-order chi connectivity index (χ0) is 31.6. The minimum Gasteiger partial charge on any atom is -0.460 e. The summed E-state index contributed by atoms with van der Waals surface area (Å²) in [5.41, 5.74) is 4.11. The zero-order valence-electron chi connectivity index (χ0n) is 27.7. The highest BCUT2D eigenvalue weighted by atomic mass is 19.1. The van der Waals surface area contributed by atoms with Gasteiger partial charge in [0.1, 0.15) is 6.10 Å². The maximum atomic E-state index is 14.3. The molecule has 0 amide bonds. The smallest absolute Gasteiger partial charge is 0.340 e. The summed E-state index contributed by atoms with van der Waals surface area (Å²) >= 11 is 0. The molecule has 0 unspecified atom stereocenters. The fourth-order valence-corrected chi connectivity index (χ4v) is 6.20. The van der Waals surface area contributed by atoms with Crippen LogP contribution in [0.25, 0.3) is 11.1 Å². The van der Waals surface area contributed by atoms with Gasteiger partial charge >= 0.3 is 11.9 Å². The van der Waals surface area contributed by atoms with Gasteiger partial charge in [-0.15, -0.1) is 0 Å². The molecule has 5 heteroatoms. The van der Waals surface area contributed by atoms with Crippen molar-refractivity contribution in [1.82, 2.24) is 0 Å². The van der Waals surface area contributed by atoms with Crippen LogP contribution in [-0.4, -0.2) is 30.3 Å². The molecule has 0 aromatic heterocycles. The number of alkyl halides is 1. The second-order valence-corrected chi connectivity index (χ2v) is 13.0. The van der Waals surface area contributed by atoms with Crippen LogP contribution in [0.5, 0.6) is 0 Å². The van der Waals surface area contributed by atoms with Crippen LogP contribution in [0.3, 0.4) is 0 Å². The number of benzene rings is 2. The highest BCUT2D eigenvalue weighted by molar-refractivity contribution is 5.90. The summed E-state index contributed by atoms with van der Waals surface area (Å²) in [6, 6.07) is 16.4.